The maximum Gasteiger partial charge on any atom is 0.325 e. The first kappa shape index (κ1) is 10.5. The summed E-state index contributed by atoms with van der Waals surface area (Å²) in [5.41, 5.74) is 14.2. The van der Waals surface area contributed by atoms with Crippen LogP contribution >= 0.6 is 0 Å². The van der Waals surface area contributed by atoms with Crippen LogP contribution in [-0.4, -0.2) is 11.1 Å². The fourth-order valence-corrected chi connectivity index (χ4v) is 1.33. The third-order valence-electron chi connectivity index (χ3n) is 2.24. The Morgan fingerprint density at radius 1 is 1.36 bits per heavy atom. The van der Waals surface area contributed by atoms with Crippen LogP contribution in [0.15, 0.2) is 12.1 Å². The Labute approximate surface area is 82.5 Å². The van der Waals surface area contributed by atoms with Gasteiger partial charge in [-0.3, -0.25) is 4.79 Å². The predicted octanol–water partition coefficient (Wildman–Crippen LogP) is 0.970. The molecule has 0 saturated carbocycles. The second kappa shape index (κ2) is 3.67. The van der Waals surface area contributed by atoms with Crippen LogP contribution in [0.1, 0.15) is 22.7 Å². The Morgan fingerprint density at radius 2 is 1.79 bits per heavy atom. The largest absolute Gasteiger partial charge is 0.480 e. The lowest BCUT2D eigenvalue weighted by Gasteiger charge is -2.11. The van der Waals surface area contributed by atoms with E-state index in [0.717, 1.165) is 11.1 Å². The number of aliphatic carboxylic acids is 1. The van der Waals surface area contributed by atoms with Crippen molar-refractivity contribution >= 4 is 11.7 Å². The quantitative estimate of drug-likeness (QED) is 0.612. The van der Waals surface area contributed by atoms with Gasteiger partial charge in [0.15, 0.2) is 0 Å². The monoisotopic (exact) mass is 194 g/mol. The van der Waals surface area contributed by atoms with Crippen LogP contribution in [0.25, 0.3) is 0 Å². The minimum atomic E-state index is -1.03. The van der Waals surface area contributed by atoms with Gasteiger partial charge in [0.25, 0.3) is 0 Å². The van der Waals surface area contributed by atoms with E-state index in [1.807, 2.05) is 13.8 Å². The first-order valence-corrected chi connectivity index (χ1v) is 4.28. The van der Waals surface area contributed by atoms with Crippen LogP contribution in [0.2, 0.25) is 0 Å². The minimum Gasteiger partial charge on any atom is -0.480 e. The molecule has 76 valence electrons. The van der Waals surface area contributed by atoms with Gasteiger partial charge < -0.3 is 16.6 Å². The Morgan fingerprint density at radius 3 is 2.14 bits per heavy atom. The smallest absolute Gasteiger partial charge is 0.325 e. The normalized spacial score (nSPS) is 12.5. The number of rotatable bonds is 2. The molecule has 0 heterocycles. The Hall–Kier alpha value is -1.55. The van der Waals surface area contributed by atoms with Crippen molar-refractivity contribution < 1.29 is 9.90 Å². The van der Waals surface area contributed by atoms with Crippen molar-refractivity contribution in [2.45, 2.75) is 19.9 Å². The number of hydrogen-bond donors (Lipinski definition) is 3. The lowest BCUT2D eigenvalue weighted by Crippen LogP contribution is -2.21. The van der Waals surface area contributed by atoms with Gasteiger partial charge in [-0.05, 0) is 30.5 Å². The van der Waals surface area contributed by atoms with Crippen molar-refractivity contribution in [3.05, 3.63) is 28.8 Å². The van der Waals surface area contributed by atoms with E-state index in [2.05, 4.69) is 0 Å². The van der Waals surface area contributed by atoms with E-state index in [4.69, 9.17) is 16.6 Å². The van der Waals surface area contributed by atoms with Crippen LogP contribution in [-0.2, 0) is 4.79 Å². The molecule has 0 fully saturated rings. The number of carboxylic acids is 1. The molecule has 1 atom stereocenters. The van der Waals surface area contributed by atoms with E-state index in [-0.39, 0.29) is 0 Å². The maximum absolute atomic E-state index is 10.7. The standard InChI is InChI=1S/C10H14N2O2/c1-5-3-7(9(12)10(13)14)4-6(2)8(5)11/h3-4,9H,11-12H2,1-2H3,(H,13,14)/t9-/m0/s1. The summed E-state index contributed by atoms with van der Waals surface area (Å²) < 4.78 is 0. The molecule has 1 aromatic rings. The highest BCUT2D eigenvalue weighted by Crippen LogP contribution is 2.21. The number of carboxylic acid groups (broad SMARTS) is 1. The number of benzene rings is 1. The third kappa shape index (κ3) is 1.85. The average molecular weight is 194 g/mol. The zero-order chi connectivity index (χ0) is 10.9. The van der Waals surface area contributed by atoms with E-state index in [1.54, 1.807) is 12.1 Å². The molecule has 4 nitrogen and oxygen atoms in total. The van der Waals surface area contributed by atoms with E-state index < -0.39 is 12.0 Å². The molecule has 0 bridgehead atoms. The van der Waals surface area contributed by atoms with E-state index in [9.17, 15) is 4.79 Å². The summed E-state index contributed by atoms with van der Waals surface area (Å²) in [7, 11) is 0. The number of anilines is 1. The van der Waals surface area contributed by atoms with Crippen molar-refractivity contribution in [2.24, 2.45) is 5.73 Å². The molecular formula is C10H14N2O2. The van der Waals surface area contributed by atoms with Crippen LogP contribution in [0, 0.1) is 13.8 Å². The maximum atomic E-state index is 10.7. The SMILES string of the molecule is Cc1cc([C@H](N)C(=O)O)cc(C)c1N. The van der Waals surface area contributed by atoms with Crippen molar-refractivity contribution in [3.8, 4) is 0 Å². The van der Waals surface area contributed by atoms with Gasteiger partial charge in [-0.1, -0.05) is 12.1 Å². The molecular weight excluding hydrogens is 180 g/mol. The Kier molecular flexibility index (Phi) is 2.76. The van der Waals surface area contributed by atoms with Gasteiger partial charge in [-0.25, -0.2) is 0 Å². The van der Waals surface area contributed by atoms with Gasteiger partial charge in [0, 0.05) is 5.69 Å². The predicted molar refractivity (Wildman–Crippen MR) is 54.9 cm³/mol. The highest BCUT2D eigenvalue weighted by atomic mass is 16.4. The average Bonchev–Trinajstić information content (AvgIpc) is 2.12. The number of carbonyl (C=O) groups is 1. The van der Waals surface area contributed by atoms with Crippen molar-refractivity contribution in [1.82, 2.24) is 0 Å². The second-order valence-electron chi connectivity index (χ2n) is 3.38. The molecule has 0 unspecified atom stereocenters. The van der Waals surface area contributed by atoms with Gasteiger partial charge in [0.05, 0.1) is 0 Å². The molecule has 1 rings (SSSR count). The molecule has 0 amide bonds. The molecule has 1 aromatic carbocycles. The van der Waals surface area contributed by atoms with E-state index in [1.165, 1.54) is 0 Å². The summed E-state index contributed by atoms with van der Waals surface area (Å²) in [5, 5.41) is 8.73. The number of nitrogens with two attached hydrogens (primary N) is 2. The summed E-state index contributed by atoms with van der Waals surface area (Å²) in [6.45, 7) is 3.67. The Balaban J connectivity index is 3.19. The van der Waals surface area contributed by atoms with E-state index in [0.29, 0.717) is 11.3 Å². The zero-order valence-electron chi connectivity index (χ0n) is 8.24. The number of aryl methyl sites for hydroxylation is 2. The molecule has 14 heavy (non-hydrogen) atoms. The summed E-state index contributed by atoms with van der Waals surface area (Å²) in [6, 6.07) is 2.44. The van der Waals surface area contributed by atoms with Crippen molar-refractivity contribution in [1.29, 1.82) is 0 Å². The molecule has 0 aliphatic carbocycles. The lowest BCUT2D eigenvalue weighted by atomic mass is 10.0. The topological polar surface area (TPSA) is 89.3 Å². The second-order valence-corrected chi connectivity index (χ2v) is 3.38. The molecule has 0 saturated heterocycles. The highest BCUT2D eigenvalue weighted by molar-refractivity contribution is 5.76. The molecule has 0 aliphatic rings. The molecule has 5 N–H and O–H groups in total. The molecule has 0 radical (unpaired) electrons. The molecule has 4 heteroatoms. The fraction of sp³-hybridized carbons (Fsp3) is 0.300. The summed E-state index contributed by atoms with van der Waals surface area (Å²) >= 11 is 0. The zero-order valence-corrected chi connectivity index (χ0v) is 8.24. The first-order chi connectivity index (χ1) is 6.43. The van der Waals surface area contributed by atoms with Crippen LogP contribution in [0.5, 0.6) is 0 Å². The van der Waals surface area contributed by atoms with E-state index >= 15 is 0 Å². The lowest BCUT2D eigenvalue weighted by molar-refractivity contribution is -0.138. The van der Waals surface area contributed by atoms with Crippen LogP contribution in [0.4, 0.5) is 5.69 Å². The summed E-state index contributed by atoms with van der Waals surface area (Å²) in [6.07, 6.45) is 0. The summed E-state index contributed by atoms with van der Waals surface area (Å²) in [5.74, 6) is -1.03. The highest BCUT2D eigenvalue weighted by Gasteiger charge is 2.15. The first-order valence-electron chi connectivity index (χ1n) is 4.28. The van der Waals surface area contributed by atoms with Gasteiger partial charge in [-0.2, -0.15) is 0 Å². The number of nitrogen functional groups attached to an aromatic ring is 1. The van der Waals surface area contributed by atoms with Gasteiger partial charge in [-0.15, -0.1) is 0 Å². The van der Waals surface area contributed by atoms with Gasteiger partial charge in [0.1, 0.15) is 6.04 Å². The molecule has 0 aromatic heterocycles. The van der Waals surface area contributed by atoms with Crippen LogP contribution < -0.4 is 11.5 Å². The molecule has 0 spiro atoms. The summed E-state index contributed by atoms with van der Waals surface area (Å²) in [4.78, 5) is 10.7. The van der Waals surface area contributed by atoms with Gasteiger partial charge >= 0.3 is 5.97 Å². The number of hydrogen-bond acceptors (Lipinski definition) is 3. The fourth-order valence-electron chi connectivity index (χ4n) is 1.33. The third-order valence-corrected chi connectivity index (χ3v) is 2.24. The van der Waals surface area contributed by atoms with Crippen molar-refractivity contribution in [2.75, 3.05) is 5.73 Å². The van der Waals surface area contributed by atoms with Crippen LogP contribution in [0.3, 0.4) is 0 Å². The Bertz CT molecular complexity index is 351. The van der Waals surface area contributed by atoms with Crippen molar-refractivity contribution in [3.63, 3.8) is 0 Å². The molecule has 0 aliphatic heterocycles. The minimum absolute atomic E-state index is 0.585. The van der Waals surface area contributed by atoms with Gasteiger partial charge in [0.2, 0.25) is 0 Å².